The van der Waals surface area contributed by atoms with Crippen molar-refractivity contribution in [1.29, 1.82) is 0 Å². The molecule has 94 valence electrons. The first kappa shape index (κ1) is 12.2. The molecular weight excluding hydrogens is 240 g/mol. The summed E-state index contributed by atoms with van der Waals surface area (Å²) in [7, 11) is 0. The summed E-state index contributed by atoms with van der Waals surface area (Å²) in [5, 5.41) is 0. The van der Waals surface area contributed by atoms with Gasteiger partial charge in [-0.05, 0) is 30.2 Å². The number of hydrogen-bond acceptors (Lipinski definition) is 4. The van der Waals surface area contributed by atoms with Gasteiger partial charge in [0.05, 0.1) is 6.20 Å². The highest BCUT2D eigenvalue weighted by Crippen LogP contribution is 2.13. The van der Waals surface area contributed by atoms with Gasteiger partial charge in [0.1, 0.15) is 12.4 Å². The van der Waals surface area contributed by atoms with E-state index in [1.165, 1.54) is 6.07 Å². The van der Waals surface area contributed by atoms with E-state index in [-0.39, 0.29) is 24.3 Å². The summed E-state index contributed by atoms with van der Waals surface area (Å²) >= 11 is 0. The Hall–Kier alpha value is -2.24. The Morgan fingerprint density at radius 3 is 2.72 bits per heavy atom. The second kappa shape index (κ2) is 4.95. The van der Waals surface area contributed by atoms with Crippen LogP contribution in [0.5, 0.6) is 6.01 Å². The summed E-state index contributed by atoms with van der Waals surface area (Å²) in [6.07, 6.45) is 0.938. The zero-order valence-electron chi connectivity index (χ0n) is 9.65. The van der Waals surface area contributed by atoms with E-state index >= 15 is 0 Å². The number of halogens is 2. The zero-order chi connectivity index (χ0) is 13.1. The summed E-state index contributed by atoms with van der Waals surface area (Å²) in [6.45, 7) is 1.82. The van der Waals surface area contributed by atoms with Gasteiger partial charge in [0.2, 0.25) is 0 Å². The molecule has 4 nitrogen and oxygen atoms in total. The second-order valence-corrected chi connectivity index (χ2v) is 3.76. The highest BCUT2D eigenvalue weighted by molar-refractivity contribution is 5.29. The molecule has 0 bridgehead atoms. The molecule has 0 amide bonds. The standard InChI is InChI=1S/C12H11F2N3O/c1-7-4-8(2-3-9(7)13)6-18-12-16-5-10(14)11(15)17-12/h2-5H,6H2,1H3,(H2,15,16,17). The molecule has 6 heteroatoms. The molecule has 0 saturated carbocycles. The highest BCUT2D eigenvalue weighted by atomic mass is 19.1. The fourth-order valence-corrected chi connectivity index (χ4v) is 1.38. The molecule has 1 heterocycles. The first-order valence-electron chi connectivity index (χ1n) is 5.22. The van der Waals surface area contributed by atoms with Crippen LogP contribution in [-0.2, 0) is 6.61 Å². The normalized spacial score (nSPS) is 10.4. The molecule has 2 N–H and O–H groups in total. The van der Waals surface area contributed by atoms with E-state index in [9.17, 15) is 8.78 Å². The van der Waals surface area contributed by atoms with E-state index in [1.807, 2.05) is 0 Å². The number of aryl methyl sites for hydroxylation is 1. The number of anilines is 1. The molecule has 0 radical (unpaired) electrons. The Bertz CT molecular complexity index is 524. The first-order chi connectivity index (χ1) is 8.56. The van der Waals surface area contributed by atoms with Gasteiger partial charge in [-0.2, -0.15) is 4.98 Å². The van der Waals surface area contributed by atoms with Crippen molar-refractivity contribution in [2.24, 2.45) is 0 Å². The lowest BCUT2D eigenvalue weighted by atomic mass is 10.1. The monoisotopic (exact) mass is 251 g/mol. The molecule has 0 spiro atoms. The second-order valence-electron chi connectivity index (χ2n) is 3.76. The molecule has 0 fully saturated rings. The molecule has 0 unspecified atom stereocenters. The van der Waals surface area contributed by atoms with Crippen molar-refractivity contribution in [1.82, 2.24) is 9.97 Å². The minimum Gasteiger partial charge on any atom is -0.459 e. The van der Waals surface area contributed by atoms with Crippen molar-refractivity contribution >= 4 is 5.82 Å². The number of benzene rings is 1. The molecule has 1 aromatic carbocycles. The third-order valence-corrected chi connectivity index (χ3v) is 2.34. The molecule has 0 atom stereocenters. The van der Waals surface area contributed by atoms with Crippen LogP contribution in [0.25, 0.3) is 0 Å². The molecule has 1 aromatic heterocycles. The fraction of sp³-hybridized carbons (Fsp3) is 0.167. The molecule has 2 aromatic rings. The molecule has 2 rings (SSSR count). The molecule has 0 saturated heterocycles. The summed E-state index contributed by atoms with van der Waals surface area (Å²) in [6, 6.07) is 4.58. The Morgan fingerprint density at radius 1 is 1.28 bits per heavy atom. The van der Waals surface area contributed by atoms with Gasteiger partial charge in [-0.1, -0.05) is 6.07 Å². The SMILES string of the molecule is Cc1cc(COc2ncc(F)c(N)n2)ccc1F. The third kappa shape index (κ3) is 2.71. The lowest BCUT2D eigenvalue weighted by molar-refractivity contribution is 0.279. The highest BCUT2D eigenvalue weighted by Gasteiger charge is 2.05. The van der Waals surface area contributed by atoms with Gasteiger partial charge in [-0.25, -0.2) is 13.8 Å². The Balaban J connectivity index is 2.06. The van der Waals surface area contributed by atoms with Crippen LogP contribution in [0.1, 0.15) is 11.1 Å². The van der Waals surface area contributed by atoms with Gasteiger partial charge in [0, 0.05) is 0 Å². The van der Waals surface area contributed by atoms with E-state index in [1.54, 1.807) is 19.1 Å². The molecule has 0 aliphatic rings. The van der Waals surface area contributed by atoms with Crippen LogP contribution < -0.4 is 10.5 Å². The Morgan fingerprint density at radius 2 is 2.06 bits per heavy atom. The Labute approximate surface area is 102 Å². The summed E-state index contributed by atoms with van der Waals surface area (Å²) in [4.78, 5) is 7.25. The van der Waals surface area contributed by atoms with Crippen molar-refractivity contribution in [3.63, 3.8) is 0 Å². The summed E-state index contributed by atoms with van der Waals surface area (Å²) < 4.78 is 31.1. The summed E-state index contributed by atoms with van der Waals surface area (Å²) in [5.74, 6) is -1.24. The number of aromatic nitrogens is 2. The molecule has 0 aliphatic carbocycles. The molecule has 0 aliphatic heterocycles. The van der Waals surface area contributed by atoms with Crippen molar-refractivity contribution < 1.29 is 13.5 Å². The smallest absolute Gasteiger partial charge is 0.318 e. The van der Waals surface area contributed by atoms with Crippen molar-refractivity contribution in [2.45, 2.75) is 13.5 Å². The maximum atomic E-state index is 13.0. The van der Waals surface area contributed by atoms with Crippen LogP contribution in [0.4, 0.5) is 14.6 Å². The van der Waals surface area contributed by atoms with E-state index < -0.39 is 5.82 Å². The van der Waals surface area contributed by atoms with E-state index in [4.69, 9.17) is 10.5 Å². The number of ether oxygens (including phenoxy) is 1. The van der Waals surface area contributed by atoms with Crippen LogP contribution in [0.3, 0.4) is 0 Å². The van der Waals surface area contributed by atoms with Crippen molar-refractivity contribution in [2.75, 3.05) is 5.73 Å². The fourth-order valence-electron chi connectivity index (χ4n) is 1.38. The van der Waals surface area contributed by atoms with Crippen LogP contribution in [0.2, 0.25) is 0 Å². The third-order valence-electron chi connectivity index (χ3n) is 2.34. The van der Waals surface area contributed by atoms with Gasteiger partial charge in [-0.15, -0.1) is 0 Å². The van der Waals surface area contributed by atoms with E-state index in [0.717, 1.165) is 11.8 Å². The first-order valence-corrected chi connectivity index (χ1v) is 5.22. The van der Waals surface area contributed by atoms with Crippen molar-refractivity contribution in [3.05, 3.63) is 47.2 Å². The van der Waals surface area contributed by atoms with Crippen molar-refractivity contribution in [3.8, 4) is 6.01 Å². The average molecular weight is 251 g/mol. The van der Waals surface area contributed by atoms with Gasteiger partial charge >= 0.3 is 6.01 Å². The van der Waals surface area contributed by atoms with Gasteiger partial charge in [-0.3, -0.25) is 0 Å². The average Bonchev–Trinajstić information content (AvgIpc) is 2.35. The zero-order valence-corrected chi connectivity index (χ0v) is 9.65. The van der Waals surface area contributed by atoms with Crippen LogP contribution in [-0.4, -0.2) is 9.97 Å². The minimum absolute atomic E-state index is 0.0177. The minimum atomic E-state index is -0.694. The van der Waals surface area contributed by atoms with Gasteiger partial charge < -0.3 is 10.5 Å². The molecule has 18 heavy (non-hydrogen) atoms. The number of nitrogens with zero attached hydrogens (tertiary/aromatic N) is 2. The maximum Gasteiger partial charge on any atom is 0.318 e. The van der Waals surface area contributed by atoms with Crippen LogP contribution >= 0.6 is 0 Å². The number of nitrogens with two attached hydrogens (primary N) is 1. The van der Waals surface area contributed by atoms with Gasteiger partial charge in [0.15, 0.2) is 11.6 Å². The summed E-state index contributed by atoms with van der Waals surface area (Å²) in [5.41, 5.74) is 6.57. The number of hydrogen-bond donors (Lipinski definition) is 1. The van der Waals surface area contributed by atoms with E-state index in [2.05, 4.69) is 9.97 Å². The largest absolute Gasteiger partial charge is 0.459 e. The predicted octanol–water partition coefficient (Wildman–Crippen LogP) is 2.22. The van der Waals surface area contributed by atoms with Gasteiger partial charge in [0.25, 0.3) is 0 Å². The van der Waals surface area contributed by atoms with Crippen LogP contribution in [0.15, 0.2) is 24.4 Å². The number of nitrogen functional groups attached to an aromatic ring is 1. The maximum absolute atomic E-state index is 13.0. The molecular formula is C12H11F2N3O. The quantitative estimate of drug-likeness (QED) is 0.908. The lowest BCUT2D eigenvalue weighted by Crippen LogP contribution is -2.03. The topological polar surface area (TPSA) is 61.0 Å². The predicted molar refractivity (Wildman–Crippen MR) is 61.9 cm³/mol. The Kier molecular flexibility index (Phi) is 3.36. The van der Waals surface area contributed by atoms with Crippen LogP contribution in [0, 0.1) is 18.6 Å². The lowest BCUT2D eigenvalue weighted by Gasteiger charge is -2.06. The van der Waals surface area contributed by atoms with E-state index in [0.29, 0.717) is 5.56 Å². The number of rotatable bonds is 3.